The van der Waals surface area contributed by atoms with Crippen molar-refractivity contribution in [3.63, 3.8) is 0 Å². The summed E-state index contributed by atoms with van der Waals surface area (Å²) in [6, 6.07) is 0. The molecule has 1 spiro atoms. The first-order valence-corrected chi connectivity index (χ1v) is 5.41. The van der Waals surface area contributed by atoms with Crippen LogP contribution in [0, 0.1) is 5.41 Å². The maximum Gasteiger partial charge on any atom is 0.00349 e. The number of nitrogens with zero attached hydrogens (tertiary/aromatic N) is 1. The molecule has 2 aliphatic rings. The Morgan fingerprint density at radius 2 is 1.75 bits per heavy atom. The van der Waals surface area contributed by atoms with E-state index in [-0.39, 0.29) is 0 Å². The molecule has 1 aliphatic carbocycles. The molecule has 0 unspecified atom stereocenters. The third-order valence-electron chi connectivity index (χ3n) is 2.81. The largest absolute Gasteiger partial charge is 0.306 e. The Balaban J connectivity index is 0.000000213. The minimum atomic E-state index is 0.826. The highest BCUT2D eigenvalue weighted by Crippen LogP contribution is 2.51. The second kappa shape index (κ2) is 4.27. The molecular weight excluding hydrogens is 146 g/mol. The fourth-order valence-corrected chi connectivity index (χ4v) is 2.04. The topological polar surface area (TPSA) is 3.24 Å². The first kappa shape index (κ1) is 10.0. The zero-order valence-corrected chi connectivity index (χ0v) is 8.90. The van der Waals surface area contributed by atoms with Crippen molar-refractivity contribution in [2.45, 2.75) is 46.0 Å². The Morgan fingerprint density at radius 1 is 1.17 bits per heavy atom. The van der Waals surface area contributed by atoms with E-state index in [2.05, 4.69) is 25.8 Å². The molecule has 1 saturated heterocycles. The summed E-state index contributed by atoms with van der Waals surface area (Å²) in [5.74, 6) is 0. The van der Waals surface area contributed by atoms with Gasteiger partial charge in [-0.1, -0.05) is 20.3 Å². The third-order valence-corrected chi connectivity index (χ3v) is 2.81. The standard InChI is InChI=1S/C8H15N.C3H8/c1-9-6-2-3-8(7-9)4-5-8;1-3-2/h2-7H2,1H3;3H2,1-2H3. The van der Waals surface area contributed by atoms with Gasteiger partial charge in [-0.3, -0.25) is 0 Å². The van der Waals surface area contributed by atoms with E-state index >= 15 is 0 Å². The molecule has 0 bridgehead atoms. The molecule has 0 aromatic carbocycles. The first-order valence-electron chi connectivity index (χ1n) is 5.41. The van der Waals surface area contributed by atoms with Gasteiger partial charge in [-0.15, -0.1) is 0 Å². The van der Waals surface area contributed by atoms with Gasteiger partial charge < -0.3 is 4.90 Å². The van der Waals surface area contributed by atoms with Gasteiger partial charge in [-0.05, 0) is 44.7 Å². The van der Waals surface area contributed by atoms with Gasteiger partial charge >= 0.3 is 0 Å². The Bertz CT molecular complexity index is 127. The molecule has 1 saturated carbocycles. The summed E-state index contributed by atoms with van der Waals surface area (Å²) in [4.78, 5) is 2.48. The lowest BCUT2D eigenvalue weighted by Crippen LogP contribution is -2.32. The SMILES string of the molecule is CCC.CN1CCCC2(CC2)C1. The maximum atomic E-state index is 2.48. The molecule has 72 valence electrons. The molecule has 1 nitrogen and oxygen atoms in total. The van der Waals surface area contributed by atoms with Crippen molar-refractivity contribution < 1.29 is 0 Å². The van der Waals surface area contributed by atoms with Crippen LogP contribution < -0.4 is 0 Å². The van der Waals surface area contributed by atoms with Crippen LogP contribution in [0.2, 0.25) is 0 Å². The minimum absolute atomic E-state index is 0.826. The van der Waals surface area contributed by atoms with E-state index < -0.39 is 0 Å². The quantitative estimate of drug-likeness (QED) is 0.539. The van der Waals surface area contributed by atoms with Crippen LogP contribution in [0.15, 0.2) is 0 Å². The van der Waals surface area contributed by atoms with E-state index in [1.807, 2.05) is 0 Å². The summed E-state index contributed by atoms with van der Waals surface area (Å²) in [5.41, 5.74) is 0.826. The van der Waals surface area contributed by atoms with Gasteiger partial charge in [0.1, 0.15) is 0 Å². The number of hydrogen-bond acceptors (Lipinski definition) is 1. The van der Waals surface area contributed by atoms with Crippen LogP contribution in [0.1, 0.15) is 46.0 Å². The highest BCUT2D eigenvalue weighted by atomic mass is 15.1. The fourth-order valence-electron chi connectivity index (χ4n) is 2.04. The van der Waals surface area contributed by atoms with Crippen LogP contribution in [0.4, 0.5) is 0 Å². The second-order valence-electron chi connectivity index (χ2n) is 4.55. The molecule has 12 heavy (non-hydrogen) atoms. The Hall–Kier alpha value is -0.0400. The van der Waals surface area contributed by atoms with Crippen molar-refractivity contribution in [1.82, 2.24) is 4.90 Å². The van der Waals surface area contributed by atoms with Crippen LogP contribution in [-0.4, -0.2) is 25.0 Å². The summed E-state index contributed by atoms with van der Waals surface area (Å²) in [5, 5.41) is 0. The molecule has 0 amide bonds. The molecule has 0 radical (unpaired) electrons. The van der Waals surface area contributed by atoms with Crippen LogP contribution in [0.3, 0.4) is 0 Å². The van der Waals surface area contributed by atoms with Crippen molar-refractivity contribution in [2.24, 2.45) is 5.41 Å². The monoisotopic (exact) mass is 169 g/mol. The lowest BCUT2D eigenvalue weighted by molar-refractivity contribution is 0.194. The highest BCUT2D eigenvalue weighted by Gasteiger charge is 2.44. The lowest BCUT2D eigenvalue weighted by Gasteiger charge is -2.29. The lowest BCUT2D eigenvalue weighted by atomic mass is 9.96. The predicted molar refractivity (Wildman–Crippen MR) is 54.4 cm³/mol. The fraction of sp³-hybridized carbons (Fsp3) is 1.00. The van der Waals surface area contributed by atoms with Gasteiger partial charge in [0.2, 0.25) is 0 Å². The van der Waals surface area contributed by atoms with Crippen LogP contribution in [-0.2, 0) is 0 Å². The number of hydrogen-bond donors (Lipinski definition) is 0. The van der Waals surface area contributed by atoms with Crippen molar-refractivity contribution in [3.8, 4) is 0 Å². The van der Waals surface area contributed by atoms with Crippen molar-refractivity contribution in [3.05, 3.63) is 0 Å². The van der Waals surface area contributed by atoms with Gasteiger partial charge in [-0.2, -0.15) is 0 Å². The van der Waals surface area contributed by atoms with E-state index in [0.717, 1.165) is 5.41 Å². The molecular formula is C11H23N. The predicted octanol–water partition coefficient (Wildman–Crippen LogP) is 2.91. The Morgan fingerprint density at radius 3 is 2.08 bits per heavy atom. The van der Waals surface area contributed by atoms with E-state index in [9.17, 15) is 0 Å². The number of likely N-dealkylation sites (tertiary alicyclic amines) is 1. The second-order valence-corrected chi connectivity index (χ2v) is 4.55. The van der Waals surface area contributed by atoms with Gasteiger partial charge in [-0.25, -0.2) is 0 Å². The number of rotatable bonds is 0. The van der Waals surface area contributed by atoms with E-state index in [4.69, 9.17) is 0 Å². The molecule has 0 aromatic rings. The van der Waals surface area contributed by atoms with Crippen LogP contribution in [0.25, 0.3) is 0 Å². The summed E-state index contributed by atoms with van der Waals surface area (Å²) >= 11 is 0. The van der Waals surface area contributed by atoms with Gasteiger partial charge in [0.05, 0.1) is 0 Å². The molecule has 0 aromatic heterocycles. The molecule has 2 rings (SSSR count). The van der Waals surface area contributed by atoms with Gasteiger partial charge in [0.15, 0.2) is 0 Å². The van der Waals surface area contributed by atoms with Crippen LogP contribution >= 0.6 is 0 Å². The van der Waals surface area contributed by atoms with Crippen molar-refractivity contribution >= 4 is 0 Å². The first-order chi connectivity index (χ1) is 5.72. The van der Waals surface area contributed by atoms with E-state index in [1.54, 1.807) is 0 Å². The Kier molecular flexibility index (Phi) is 3.57. The summed E-state index contributed by atoms with van der Waals surface area (Å²) < 4.78 is 0. The molecule has 0 N–H and O–H groups in total. The maximum absolute atomic E-state index is 2.48. The normalized spacial score (nSPS) is 26.2. The average Bonchev–Trinajstić information content (AvgIpc) is 2.70. The van der Waals surface area contributed by atoms with E-state index in [1.165, 1.54) is 45.2 Å². The summed E-state index contributed by atoms with van der Waals surface area (Å²) in [7, 11) is 2.25. The zero-order chi connectivity index (χ0) is 9.03. The molecule has 2 fully saturated rings. The molecule has 0 atom stereocenters. The third kappa shape index (κ3) is 2.78. The summed E-state index contributed by atoms with van der Waals surface area (Å²) in [6.07, 6.45) is 7.22. The van der Waals surface area contributed by atoms with Gasteiger partial charge in [0, 0.05) is 6.54 Å². The summed E-state index contributed by atoms with van der Waals surface area (Å²) in [6.45, 7) is 6.97. The average molecular weight is 169 g/mol. The molecule has 1 heterocycles. The van der Waals surface area contributed by atoms with Crippen molar-refractivity contribution in [2.75, 3.05) is 20.1 Å². The molecule has 1 heteroatoms. The van der Waals surface area contributed by atoms with Crippen LogP contribution in [0.5, 0.6) is 0 Å². The highest BCUT2D eigenvalue weighted by molar-refractivity contribution is 4.97. The smallest absolute Gasteiger partial charge is 0.00349 e. The minimum Gasteiger partial charge on any atom is -0.306 e. The van der Waals surface area contributed by atoms with Gasteiger partial charge in [0.25, 0.3) is 0 Å². The van der Waals surface area contributed by atoms with Crippen molar-refractivity contribution in [1.29, 1.82) is 0 Å². The molecule has 1 aliphatic heterocycles. The van der Waals surface area contributed by atoms with E-state index in [0.29, 0.717) is 0 Å². The zero-order valence-electron chi connectivity index (χ0n) is 8.90. The number of piperidine rings is 1. The Labute approximate surface area is 77.1 Å².